The van der Waals surface area contributed by atoms with E-state index in [0.717, 1.165) is 56.4 Å². The standard InChI is InChI=1S/C32H43N5O5/c1-2-28(38)34-27(31(40)37-18-16-36(17-19-37)22-25-8-4-3-5-9-25)20-23-12-14-24(15-13-23)21-33-30(39)29(35-32(41)42)26-10-6-7-11-26/h3-5,8-9,12-15,26-27,29,35H,2,6-7,10-11,16-22H2,1H3,(H,33,39)(H,34,38)(H,41,42). The van der Waals surface area contributed by atoms with E-state index in [1.165, 1.54) is 5.56 Å². The zero-order chi connectivity index (χ0) is 29.9. The molecule has 0 radical (unpaired) electrons. The Hall–Kier alpha value is -3.92. The fourth-order valence-corrected chi connectivity index (χ4v) is 5.83. The first-order valence-electron chi connectivity index (χ1n) is 15.0. The van der Waals surface area contributed by atoms with E-state index in [1.807, 2.05) is 47.4 Å². The molecule has 4 amide bonds. The highest BCUT2D eigenvalue weighted by molar-refractivity contribution is 5.88. The number of carboxylic acid groups (broad SMARTS) is 1. The van der Waals surface area contributed by atoms with Crippen molar-refractivity contribution in [2.75, 3.05) is 26.2 Å². The van der Waals surface area contributed by atoms with Crippen molar-refractivity contribution in [3.05, 3.63) is 71.3 Å². The van der Waals surface area contributed by atoms with Crippen molar-refractivity contribution >= 4 is 23.8 Å². The van der Waals surface area contributed by atoms with Crippen molar-refractivity contribution in [1.82, 2.24) is 25.8 Å². The van der Waals surface area contributed by atoms with Crippen LogP contribution in [0.4, 0.5) is 4.79 Å². The summed E-state index contributed by atoms with van der Waals surface area (Å²) < 4.78 is 0. The molecule has 1 saturated carbocycles. The van der Waals surface area contributed by atoms with Crippen molar-refractivity contribution in [1.29, 1.82) is 0 Å². The number of benzene rings is 2. The van der Waals surface area contributed by atoms with Crippen molar-refractivity contribution in [2.24, 2.45) is 5.92 Å². The molecule has 0 bridgehead atoms. The van der Waals surface area contributed by atoms with Gasteiger partial charge in [0.25, 0.3) is 0 Å². The maximum atomic E-state index is 13.5. The van der Waals surface area contributed by atoms with Crippen LogP contribution in [0.15, 0.2) is 54.6 Å². The van der Waals surface area contributed by atoms with E-state index in [4.69, 9.17) is 0 Å². The summed E-state index contributed by atoms with van der Waals surface area (Å²) in [6.07, 6.45) is 3.16. The largest absolute Gasteiger partial charge is 0.465 e. The predicted octanol–water partition coefficient (Wildman–Crippen LogP) is 2.91. The Morgan fingerprint density at radius 2 is 1.50 bits per heavy atom. The molecule has 0 spiro atoms. The van der Waals surface area contributed by atoms with Gasteiger partial charge in [0.05, 0.1) is 0 Å². The number of carbonyl (C=O) groups is 4. The van der Waals surface area contributed by atoms with E-state index in [1.54, 1.807) is 6.92 Å². The first kappa shape index (κ1) is 31.0. The van der Waals surface area contributed by atoms with Gasteiger partial charge in [-0.25, -0.2) is 4.79 Å². The van der Waals surface area contributed by atoms with E-state index < -0.39 is 18.2 Å². The lowest BCUT2D eigenvalue weighted by Gasteiger charge is -2.36. The van der Waals surface area contributed by atoms with E-state index >= 15 is 0 Å². The van der Waals surface area contributed by atoms with Crippen LogP contribution >= 0.6 is 0 Å². The van der Waals surface area contributed by atoms with Gasteiger partial charge in [-0.1, -0.05) is 74.4 Å². The number of nitrogens with zero attached hydrogens (tertiary/aromatic N) is 2. The summed E-state index contributed by atoms with van der Waals surface area (Å²) in [5.41, 5.74) is 3.01. The van der Waals surface area contributed by atoms with Crippen LogP contribution in [-0.4, -0.2) is 77.0 Å². The molecule has 1 heterocycles. The van der Waals surface area contributed by atoms with Gasteiger partial charge in [-0.2, -0.15) is 0 Å². The summed E-state index contributed by atoms with van der Waals surface area (Å²) in [4.78, 5) is 54.0. The molecule has 2 fully saturated rings. The Labute approximate surface area is 247 Å². The highest BCUT2D eigenvalue weighted by Crippen LogP contribution is 2.28. The maximum Gasteiger partial charge on any atom is 0.405 e. The van der Waals surface area contributed by atoms with Crippen molar-refractivity contribution in [3.63, 3.8) is 0 Å². The predicted molar refractivity (Wildman–Crippen MR) is 159 cm³/mol. The summed E-state index contributed by atoms with van der Waals surface area (Å²) in [6, 6.07) is 16.5. The van der Waals surface area contributed by atoms with Gasteiger partial charge in [0.2, 0.25) is 17.7 Å². The Bertz CT molecular complexity index is 1190. The normalized spacial score (nSPS) is 17.3. The zero-order valence-corrected chi connectivity index (χ0v) is 24.4. The molecule has 2 atom stereocenters. The van der Waals surface area contributed by atoms with Crippen molar-refractivity contribution in [2.45, 2.75) is 70.6 Å². The number of hydrogen-bond acceptors (Lipinski definition) is 5. The average Bonchev–Trinajstić information content (AvgIpc) is 3.54. The molecule has 4 rings (SSSR count). The van der Waals surface area contributed by atoms with Crippen LogP contribution < -0.4 is 16.0 Å². The van der Waals surface area contributed by atoms with Gasteiger partial charge in [-0.15, -0.1) is 0 Å². The van der Waals surface area contributed by atoms with E-state index in [2.05, 4.69) is 33.0 Å². The second-order valence-corrected chi connectivity index (χ2v) is 11.3. The van der Waals surface area contributed by atoms with Gasteiger partial charge < -0.3 is 26.0 Å². The fraction of sp³-hybridized carbons (Fsp3) is 0.500. The summed E-state index contributed by atoms with van der Waals surface area (Å²) >= 11 is 0. The van der Waals surface area contributed by atoms with E-state index in [0.29, 0.717) is 25.9 Å². The van der Waals surface area contributed by atoms with Crippen LogP contribution in [0.1, 0.15) is 55.7 Å². The second kappa shape index (κ2) is 15.3. The smallest absolute Gasteiger partial charge is 0.405 e. The van der Waals surface area contributed by atoms with Crippen LogP contribution in [0, 0.1) is 5.92 Å². The monoisotopic (exact) mass is 577 g/mol. The molecule has 0 aromatic heterocycles. The topological polar surface area (TPSA) is 131 Å². The Morgan fingerprint density at radius 3 is 2.12 bits per heavy atom. The second-order valence-electron chi connectivity index (χ2n) is 11.3. The molecular formula is C32H43N5O5. The van der Waals surface area contributed by atoms with Crippen LogP contribution in [-0.2, 0) is 33.9 Å². The minimum absolute atomic E-state index is 0.0168. The third kappa shape index (κ3) is 9.04. The molecular weight excluding hydrogens is 534 g/mol. The van der Waals surface area contributed by atoms with Crippen LogP contribution in [0.2, 0.25) is 0 Å². The van der Waals surface area contributed by atoms with Gasteiger partial charge >= 0.3 is 6.09 Å². The van der Waals surface area contributed by atoms with Gasteiger partial charge in [-0.05, 0) is 35.4 Å². The van der Waals surface area contributed by atoms with Crippen molar-refractivity contribution < 1.29 is 24.3 Å². The fourth-order valence-electron chi connectivity index (χ4n) is 5.83. The molecule has 226 valence electrons. The first-order chi connectivity index (χ1) is 20.3. The lowest BCUT2D eigenvalue weighted by atomic mass is 9.97. The average molecular weight is 578 g/mol. The molecule has 2 aromatic rings. The number of carbonyl (C=O) groups excluding carboxylic acids is 3. The summed E-state index contributed by atoms with van der Waals surface area (Å²) in [5.74, 6) is -0.535. The van der Waals surface area contributed by atoms with E-state index in [9.17, 15) is 24.3 Å². The van der Waals surface area contributed by atoms with Gasteiger partial charge in [0, 0.05) is 52.1 Å². The number of nitrogens with one attached hydrogen (secondary N) is 3. The SMILES string of the molecule is CCC(=O)NC(Cc1ccc(CNC(=O)C(NC(=O)O)C2CCCC2)cc1)C(=O)N1CCN(Cc2ccccc2)CC1. The molecule has 1 aliphatic carbocycles. The molecule has 2 aliphatic rings. The lowest BCUT2D eigenvalue weighted by Crippen LogP contribution is -2.55. The Kier molecular flexibility index (Phi) is 11.3. The highest BCUT2D eigenvalue weighted by atomic mass is 16.4. The summed E-state index contributed by atoms with van der Waals surface area (Å²) in [6.45, 7) is 5.67. The number of hydrogen-bond donors (Lipinski definition) is 4. The number of amides is 4. The molecule has 1 saturated heterocycles. The first-order valence-corrected chi connectivity index (χ1v) is 15.0. The quantitative estimate of drug-likeness (QED) is 0.307. The molecule has 2 aromatic carbocycles. The zero-order valence-electron chi connectivity index (χ0n) is 24.4. The highest BCUT2D eigenvalue weighted by Gasteiger charge is 2.32. The van der Waals surface area contributed by atoms with Crippen molar-refractivity contribution in [3.8, 4) is 0 Å². The Morgan fingerprint density at radius 1 is 0.857 bits per heavy atom. The molecule has 1 aliphatic heterocycles. The van der Waals surface area contributed by atoms with Crippen LogP contribution in [0.5, 0.6) is 0 Å². The van der Waals surface area contributed by atoms with Crippen LogP contribution in [0.3, 0.4) is 0 Å². The molecule has 42 heavy (non-hydrogen) atoms. The third-order valence-electron chi connectivity index (χ3n) is 8.25. The van der Waals surface area contributed by atoms with Gasteiger partial charge in [0.15, 0.2) is 0 Å². The van der Waals surface area contributed by atoms with E-state index in [-0.39, 0.29) is 30.2 Å². The molecule has 2 unspecified atom stereocenters. The lowest BCUT2D eigenvalue weighted by molar-refractivity contribution is -0.138. The molecule has 10 nitrogen and oxygen atoms in total. The molecule has 4 N–H and O–H groups in total. The molecule has 10 heteroatoms. The summed E-state index contributed by atoms with van der Waals surface area (Å²) in [7, 11) is 0. The van der Waals surface area contributed by atoms with Gasteiger partial charge in [0.1, 0.15) is 12.1 Å². The third-order valence-corrected chi connectivity index (χ3v) is 8.25. The van der Waals surface area contributed by atoms with Gasteiger partial charge in [-0.3, -0.25) is 19.3 Å². The maximum absolute atomic E-state index is 13.5. The minimum Gasteiger partial charge on any atom is -0.465 e. The minimum atomic E-state index is -1.19. The Balaban J connectivity index is 1.31. The number of rotatable bonds is 12. The summed E-state index contributed by atoms with van der Waals surface area (Å²) in [5, 5.41) is 17.4. The van der Waals surface area contributed by atoms with Crippen LogP contribution in [0.25, 0.3) is 0 Å². The number of piperazine rings is 1.